The van der Waals surface area contributed by atoms with Crippen LogP contribution in [-0.2, 0) is 16.4 Å². The maximum absolute atomic E-state index is 11.8. The van der Waals surface area contributed by atoms with Crippen molar-refractivity contribution in [1.29, 1.82) is 0 Å². The minimum Gasteiger partial charge on any atom is -0.382 e. The first kappa shape index (κ1) is 21.0. The quantitative estimate of drug-likeness (QED) is 0.377. The van der Waals surface area contributed by atoms with Crippen molar-refractivity contribution in [1.82, 2.24) is 29.5 Å². The molecule has 0 aliphatic rings. The molecule has 0 aliphatic heterocycles. The lowest BCUT2D eigenvalue weighted by Crippen LogP contribution is -2.08. The second-order valence-corrected chi connectivity index (χ2v) is 9.93. The van der Waals surface area contributed by atoms with E-state index in [2.05, 4.69) is 30.2 Å². The average molecular weight is 479 g/mol. The molecule has 12 heteroatoms. The molecule has 0 spiro atoms. The summed E-state index contributed by atoms with van der Waals surface area (Å²) < 4.78 is 25.5. The third kappa shape index (κ3) is 4.13. The van der Waals surface area contributed by atoms with Gasteiger partial charge in [0.25, 0.3) is 0 Å². The Labute approximate surface area is 193 Å². The number of anilines is 2. The number of imidazole rings is 1. The van der Waals surface area contributed by atoms with Crippen molar-refractivity contribution in [2.75, 3.05) is 17.3 Å². The summed E-state index contributed by atoms with van der Waals surface area (Å²) in [6.45, 7) is 0.427. The molecule has 3 N–H and O–H groups in total. The Balaban J connectivity index is 1.62. The lowest BCUT2D eigenvalue weighted by atomic mass is 10.2. The molecule has 0 bridgehead atoms. The molecule has 0 saturated carbocycles. The Morgan fingerprint density at radius 2 is 1.88 bits per heavy atom. The number of aromatic nitrogens is 6. The Hall–Kier alpha value is -3.90. The predicted molar refractivity (Wildman–Crippen MR) is 127 cm³/mol. The van der Waals surface area contributed by atoms with Crippen LogP contribution in [0, 0.1) is 0 Å². The predicted octanol–water partition coefficient (Wildman–Crippen LogP) is 2.93. The molecule has 0 fully saturated rings. The number of nitrogens with one attached hydrogen (secondary N) is 1. The highest BCUT2D eigenvalue weighted by Crippen LogP contribution is 2.31. The largest absolute Gasteiger partial charge is 0.382 e. The lowest BCUT2D eigenvalue weighted by Gasteiger charge is -2.08. The van der Waals surface area contributed by atoms with Crippen LogP contribution in [0.4, 0.5) is 11.8 Å². The molecule has 4 heterocycles. The fraction of sp³-hybridized carbons (Fsp3) is 0.0952. The maximum Gasteiger partial charge on any atom is 0.227 e. The molecular weight excluding hydrogens is 460 g/mol. The van der Waals surface area contributed by atoms with Crippen LogP contribution in [0.15, 0.2) is 64.4 Å². The van der Waals surface area contributed by atoms with E-state index in [1.807, 2.05) is 23.6 Å². The van der Waals surface area contributed by atoms with Crippen LogP contribution in [0.3, 0.4) is 0 Å². The van der Waals surface area contributed by atoms with Gasteiger partial charge < -0.3 is 11.1 Å². The van der Waals surface area contributed by atoms with Crippen LogP contribution in [-0.4, -0.2) is 44.2 Å². The second-order valence-electron chi connectivity index (χ2n) is 7.19. The van der Waals surface area contributed by atoms with Crippen molar-refractivity contribution in [2.45, 2.75) is 11.4 Å². The summed E-state index contributed by atoms with van der Waals surface area (Å²) in [7, 11) is -3.31. The number of pyridine rings is 1. The van der Waals surface area contributed by atoms with Crippen molar-refractivity contribution in [3.05, 3.63) is 65.2 Å². The van der Waals surface area contributed by atoms with E-state index in [1.54, 1.807) is 40.5 Å². The van der Waals surface area contributed by atoms with Crippen LogP contribution in [0.25, 0.3) is 28.4 Å². The average Bonchev–Trinajstić information content (AvgIpc) is 3.46. The van der Waals surface area contributed by atoms with Crippen LogP contribution < -0.4 is 11.1 Å². The first-order valence-electron chi connectivity index (χ1n) is 9.79. The number of sulfone groups is 1. The number of nitrogens with zero attached hydrogens (tertiary/aromatic N) is 6. The summed E-state index contributed by atoms with van der Waals surface area (Å²) in [5.41, 5.74) is 10.4. The number of fused-ring (bicyclic) bond motifs is 1. The fourth-order valence-electron chi connectivity index (χ4n) is 3.31. The van der Waals surface area contributed by atoms with E-state index in [0.29, 0.717) is 40.9 Å². The van der Waals surface area contributed by atoms with Crippen molar-refractivity contribution in [3.8, 4) is 17.2 Å². The molecule has 0 aliphatic carbocycles. The molecule has 1 aromatic carbocycles. The summed E-state index contributed by atoms with van der Waals surface area (Å²) in [6, 6.07) is 12.1. The van der Waals surface area contributed by atoms with Gasteiger partial charge in [0, 0.05) is 23.4 Å². The second kappa shape index (κ2) is 8.22. The van der Waals surface area contributed by atoms with Crippen molar-refractivity contribution in [3.63, 3.8) is 0 Å². The molecule has 33 heavy (non-hydrogen) atoms. The van der Waals surface area contributed by atoms with Crippen molar-refractivity contribution >= 4 is 44.1 Å². The van der Waals surface area contributed by atoms with Crippen molar-refractivity contribution < 1.29 is 8.42 Å². The topological polar surface area (TPSA) is 142 Å². The van der Waals surface area contributed by atoms with Gasteiger partial charge in [0.05, 0.1) is 22.6 Å². The molecule has 4 aromatic heterocycles. The van der Waals surface area contributed by atoms with Crippen LogP contribution >= 0.6 is 11.3 Å². The number of nitrogen functional groups attached to an aromatic ring is 1. The highest BCUT2D eigenvalue weighted by molar-refractivity contribution is 7.90. The molecule has 10 nitrogen and oxygen atoms in total. The van der Waals surface area contributed by atoms with Gasteiger partial charge >= 0.3 is 0 Å². The fourth-order valence-corrected chi connectivity index (χ4v) is 4.46. The van der Waals surface area contributed by atoms with E-state index >= 15 is 0 Å². The zero-order valence-corrected chi connectivity index (χ0v) is 19.0. The number of benzene rings is 1. The zero-order valence-electron chi connectivity index (χ0n) is 17.4. The number of nitrogens with two attached hydrogens (primary N) is 1. The van der Waals surface area contributed by atoms with Gasteiger partial charge in [0.1, 0.15) is 5.82 Å². The third-order valence-electron chi connectivity index (χ3n) is 4.88. The molecule has 0 radical (unpaired) electrons. The molecule has 0 amide bonds. The van der Waals surface area contributed by atoms with Crippen LogP contribution in [0.2, 0.25) is 0 Å². The van der Waals surface area contributed by atoms with Gasteiger partial charge in [-0.3, -0.25) is 9.55 Å². The number of rotatable bonds is 6. The number of thiazole rings is 1. The minimum absolute atomic E-state index is 0.214. The van der Waals surface area contributed by atoms with E-state index in [0.717, 1.165) is 5.69 Å². The molecular formula is C21H18N8O2S2. The summed E-state index contributed by atoms with van der Waals surface area (Å²) in [4.78, 5) is 22.6. The Bertz CT molecular complexity index is 1530. The Morgan fingerprint density at radius 1 is 1.06 bits per heavy atom. The molecule has 5 rings (SSSR count). The molecule has 0 unspecified atom stereocenters. The molecule has 0 saturated heterocycles. The summed E-state index contributed by atoms with van der Waals surface area (Å²) in [6.07, 6.45) is 2.89. The van der Waals surface area contributed by atoms with Gasteiger partial charge in [-0.1, -0.05) is 6.07 Å². The van der Waals surface area contributed by atoms with E-state index < -0.39 is 9.84 Å². The Morgan fingerprint density at radius 3 is 2.55 bits per heavy atom. The van der Waals surface area contributed by atoms with Gasteiger partial charge in [0.15, 0.2) is 32.6 Å². The van der Waals surface area contributed by atoms with Crippen LogP contribution in [0.5, 0.6) is 0 Å². The van der Waals surface area contributed by atoms with Gasteiger partial charge in [-0.25, -0.2) is 18.4 Å². The molecule has 5 aromatic rings. The molecule has 0 atom stereocenters. The first-order chi connectivity index (χ1) is 15.9. The molecule has 166 valence electrons. The highest BCUT2D eigenvalue weighted by atomic mass is 32.2. The monoisotopic (exact) mass is 478 g/mol. The Kier molecular flexibility index (Phi) is 5.23. The standard InChI is InChI=1S/C21H18N8O2S2/c1-33(30,31)15-7-5-13(6-8-15)19-26-17-18(22)27-21(24-10-14-4-2-3-9-23-14)28-20(17)29(19)16-11-32-12-25-16/h2-9,11-12H,10H2,1H3,(H3,22,24,27,28). The lowest BCUT2D eigenvalue weighted by molar-refractivity contribution is 0.602. The summed E-state index contributed by atoms with van der Waals surface area (Å²) >= 11 is 1.43. The zero-order chi connectivity index (χ0) is 23.0. The minimum atomic E-state index is -3.31. The third-order valence-corrected chi connectivity index (χ3v) is 6.58. The van der Waals surface area contributed by atoms with E-state index in [4.69, 9.17) is 5.73 Å². The van der Waals surface area contributed by atoms with Gasteiger partial charge in [-0.15, -0.1) is 11.3 Å². The number of hydrogen-bond donors (Lipinski definition) is 2. The van der Waals surface area contributed by atoms with Crippen LogP contribution in [0.1, 0.15) is 5.69 Å². The summed E-state index contributed by atoms with van der Waals surface area (Å²) in [5.74, 6) is 1.70. The highest BCUT2D eigenvalue weighted by Gasteiger charge is 2.21. The van der Waals surface area contributed by atoms with Gasteiger partial charge in [-0.05, 0) is 36.4 Å². The maximum atomic E-state index is 11.8. The van der Waals surface area contributed by atoms with E-state index in [1.165, 1.54) is 17.6 Å². The SMILES string of the molecule is CS(=O)(=O)c1ccc(-c2nc3c(N)nc(NCc4ccccn4)nc3n2-c2cscn2)cc1. The first-order valence-corrected chi connectivity index (χ1v) is 12.6. The van der Waals surface area contributed by atoms with Crippen molar-refractivity contribution in [2.24, 2.45) is 0 Å². The number of hydrogen-bond acceptors (Lipinski definition) is 10. The van der Waals surface area contributed by atoms with E-state index in [9.17, 15) is 8.42 Å². The van der Waals surface area contributed by atoms with Gasteiger partial charge in [-0.2, -0.15) is 9.97 Å². The summed E-state index contributed by atoms with van der Waals surface area (Å²) in [5, 5.41) is 5.02. The van der Waals surface area contributed by atoms with Gasteiger partial charge in [0.2, 0.25) is 5.95 Å². The van der Waals surface area contributed by atoms with E-state index in [-0.39, 0.29) is 10.7 Å². The normalized spacial score (nSPS) is 11.7. The smallest absolute Gasteiger partial charge is 0.227 e.